The Morgan fingerprint density at radius 1 is 1.07 bits per heavy atom. The molecular formula is C25H29NO2. The fourth-order valence-electron chi connectivity index (χ4n) is 6.60. The largest absolute Gasteiger partial charge is 0.508 e. The van der Waals surface area contributed by atoms with Crippen LogP contribution in [0.25, 0.3) is 6.08 Å². The van der Waals surface area contributed by atoms with Gasteiger partial charge in [0, 0.05) is 17.8 Å². The van der Waals surface area contributed by atoms with Gasteiger partial charge in [-0.05, 0) is 97.2 Å². The molecule has 1 aromatic heterocycles. The third kappa shape index (κ3) is 2.63. The van der Waals surface area contributed by atoms with E-state index in [1.54, 1.807) is 12.4 Å². The van der Waals surface area contributed by atoms with Crippen LogP contribution in [0.15, 0.2) is 48.8 Å². The van der Waals surface area contributed by atoms with Gasteiger partial charge in [-0.1, -0.05) is 25.1 Å². The van der Waals surface area contributed by atoms with E-state index < -0.39 is 5.60 Å². The lowest BCUT2D eigenvalue weighted by molar-refractivity contribution is -0.0705. The molecule has 2 N–H and O–H groups in total. The number of hydrogen-bond donors (Lipinski definition) is 2. The van der Waals surface area contributed by atoms with E-state index in [2.05, 4.69) is 30.1 Å². The normalized spacial score (nSPS) is 36.7. The zero-order chi connectivity index (χ0) is 19.4. The number of nitrogens with zero attached hydrogens (tertiary/aromatic N) is 1. The molecule has 3 aliphatic rings. The van der Waals surface area contributed by atoms with Crippen molar-refractivity contribution in [2.24, 2.45) is 17.3 Å². The number of rotatable bonds is 2. The summed E-state index contributed by atoms with van der Waals surface area (Å²) in [5.74, 6) is 2.16. The third-order valence-electron chi connectivity index (χ3n) is 8.18. The average Bonchev–Trinajstić information content (AvgIpc) is 2.98. The van der Waals surface area contributed by atoms with Crippen molar-refractivity contribution in [2.75, 3.05) is 0 Å². The molecule has 2 aromatic rings. The smallest absolute Gasteiger partial charge is 0.115 e. The molecule has 1 aromatic carbocycles. The van der Waals surface area contributed by atoms with Crippen molar-refractivity contribution < 1.29 is 10.2 Å². The predicted molar refractivity (Wildman–Crippen MR) is 111 cm³/mol. The number of pyridine rings is 1. The molecule has 1 heterocycles. The van der Waals surface area contributed by atoms with Crippen molar-refractivity contribution in [1.29, 1.82) is 0 Å². The molecular weight excluding hydrogens is 346 g/mol. The summed E-state index contributed by atoms with van der Waals surface area (Å²) in [4.78, 5) is 4.08. The lowest BCUT2D eigenvalue weighted by Gasteiger charge is -2.52. The van der Waals surface area contributed by atoms with Crippen LogP contribution >= 0.6 is 0 Å². The second-order valence-corrected chi connectivity index (χ2v) is 9.33. The topological polar surface area (TPSA) is 53.4 Å². The van der Waals surface area contributed by atoms with E-state index in [0.29, 0.717) is 23.5 Å². The van der Waals surface area contributed by atoms with Crippen LogP contribution in [-0.4, -0.2) is 20.8 Å². The van der Waals surface area contributed by atoms with Gasteiger partial charge >= 0.3 is 0 Å². The number of aliphatic hydroxyl groups is 1. The van der Waals surface area contributed by atoms with E-state index in [-0.39, 0.29) is 5.41 Å². The highest BCUT2D eigenvalue weighted by molar-refractivity contribution is 5.50. The van der Waals surface area contributed by atoms with Crippen LogP contribution in [0.5, 0.6) is 5.75 Å². The monoisotopic (exact) mass is 375 g/mol. The Hall–Kier alpha value is -2.13. The van der Waals surface area contributed by atoms with Crippen molar-refractivity contribution in [3.8, 4) is 5.75 Å². The Bertz CT molecular complexity index is 908. The minimum Gasteiger partial charge on any atom is -0.508 e. The number of aromatic nitrogens is 1. The Morgan fingerprint density at radius 3 is 2.71 bits per heavy atom. The summed E-state index contributed by atoms with van der Waals surface area (Å²) < 4.78 is 0. The van der Waals surface area contributed by atoms with Crippen LogP contribution in [0.3, 0.4) is 0 Å². The lowest BCUT2D eigenvalue weighted by atomic mass is 9.53. The molecule has 2 saturated carbocycles. The van der Waals surface area contributed by atoms with E-state index in [0.717, 1.165) is 37.7 Å². The van der Waals surface area contributed by atoms with E-state index >= 15 is 0 Å². The molecule has 3 heteroatoms. The summed E-state index contributed by atoms with van der Waals surface area (Å²) in [6.07, 6.45) is 14.1. The molecule has 2 fully saturated rings. The van der Waals surface area contributed by atoms with E-state index in [4.69, 9.17) is 0 Å². The number of phenolic OH excluding ortho intramolecular Hbond substituents is 1. The van der Waals surface area contributed by atoms with Crippen LogP contribution in [0, 0.1) is 17.3 Å². The Balaban J connectivity index is 1.44. The molecule has 0 unspecified atom stereocenters. The summed E-state index contributed by atoms with van der Waals surface area (Å²) >= 11 is 0. The minimum absolute atomic E-state index is 0.0634. The van der Waals surface area contributed by atoms with Crippen molar-refractivity contribution in [3.05, 3.63) is 65.5 Å². The summed E-state index contributed by atoms with van der Waals surface area (Å²) in [6.45, 7) is 2.32. The molecule has 0 amide bonds. The molecule has 0 saturated heterocycles. The lowest BCUT2D eigenvalue weighted by Crippen LogP contribution is -2.49. The summed E-state index contributed by atoms with van der Waals surface area (Å²) in [6, 6.07) is 9.92. The molecule has 0 aliphatic heterocycles. The van der Waals surface area contributed by atoms with Crippen LogP contribution in [0.4, 0.5) is 0 Å². The third-order valence-corrected chi connectivity index (χ3v) is 8.18. The number of fused-ring (bicyclic) bond motifs is 5. The maximum Gasteiger partial charge on any atom is 0.115 e. The first-order valence-corrected chi connectivity index (χ1v) is 10.6. The maximum atomic E-state index is 11.7. The van der Waals surface area contributed by atoms with Crippen molar-refractivity contribution in [1.82, 2.24) is 4.98 Å². The maximum absolute atomic E-state index is 11.7. The van der Waals surface area contributed by atoms with Gasteiger partial charge in [-0.25, -0.2) is 0 Å². The first-order chi connectivity index (χ1) is 13.5. The van der Waals surface area contributed by atoms with Gasteiger partial charge in [-0.3, -0.25) is 4.98 Å². The number of aryl methyl sites for hydroxylation is 1. The Kier molecular flexibility index (Phi) is 4.13. The molecule has 28 heavy (non-hydrogen) atoms. The van der Waals surface area contributed by atoms with Crippen LogP contribution in [-0.2, 0) is 6.42 Å². The van der Waals surface area contributed by atoms with Gasteiger partial charge in [0.15, 0.2) is 0 Å². The van der Waals surface area contributed by atoms with Crippen LogP contribution < -0.4 is 0 Å². The predicted octanol–water partition coefficient (Wildman–Crippen LogP) is 5.09. The van der Waals surface area contributed by atoms with Gasteiger partial charge < -0.3 is 10.2 Å². The first-order valence-electron chi connectivity index (χ1n) is 10.6. The zero-order valence-corrected chi connectivity index (χ0v) is 16.5. The molecule has 146 valence electrons. The van der Waals surface area contributed by atoms with Crippen molar-refractivity contribution in [3.63, 3.8) is 0 Å². The number of aromatic hydroxyl groups is 1. The van der Waals surface area contributed by atoms with Crippen molar-refractivity contribution >= 4 is 6.08 Å². The van der Waals surface area contributed by atoms with E-state index in [1.165, 1.54) is 17.5 Å². The average molecular weight is 376 g/mol. The van der Waals surface area contributed by atoms with E-state index in [1.807, 2.05) is 24.3 Å². The zero-order valence-electron chi connectivity index (χ0n) is 16.5. The van der Waals surface area contributed by atoms with Gasteiger partial charge in [0.1, 0.15) is 5.75 Å². The first kappa shape index (κ1) is 17.9. The molecule has 5 atom stereocenters. The number of benzene rings is 1. The SMILES string of the molecule is C[C@]12CC[C@@H]3c4ccc(O)cc4CC[C@H]3[C@@H]1CC[C@@]2(O)/C=C/c1ccncc1. The van der Waals surface area contributed by atoms with Gasteiger partial charge in [-0.2, -0.15) is 0 Å². The second kappa shape index (κ2) is 6.45. The van der Waals surface area contributed by atoms with E-state index in [9.17, 15) is 10.2 Å². The quantitative estimate of drug-likeness (QED) is 0.769. The second-order valence-electron chi connectivity index (χ2n) is 9.33. The molecule has 0 radical (unpaired) electrons. The molecule has 0 bridgehead atoms. The van der Waals surface area contributed by atoms with Gasteiger partial charge in [-0.15, -0.1) is 0 Å². The highest BCUT2D eigenvalue weighted by atomic mass is 16.3. The molecule has 3 nitrogen and oxygen atoms in total. The van der Waals surface area contributed by atoms with Crippen LogP contribution in [0.1, 0.15) is 61.6 Å². The highest BCUT2D eigenvalue weighted by Crippen LogP contribution is 2.64. The Morgan fingerprint density at radius 2 is 1.89 bits per heavy atom. The summed E-state index contributed by atoms with van der Waals surface area (Å²) in [5.41, 5.74) is 3.07. The van der Waals surface area contributed by atoms with Gasteiger partial charge in [0.05, 0.1) is 5.60 Å². The Labute approximate surface area is 167 Å². The standard InChI is InChI=1S/C25H29NO2/c1-24-11-7-21-20-5-3-19(27)16-18(20)2-4-22(21)23(24)8-13-25(24,28)12-6-17-9-14-26-15-10-17/h3,5-6,9-10,12,14-16,21-23,27-28H,2,4,7-8,11,13H2,1H3/b12-6+/t21-,22-,23+,24+,25+/m1/s1. The molecule has 0 spiro atoms. The molecule has 5 rings (SSSR count). The molecule has 3 aliphatic carbocycles. The van der Waals surface area contributed by atoms with Crippen LogP contribution in [0.2, 0.25) is 0 Å². The summed E-state index contributed by atoms with van der Waals surface area (Å²) in [5, 5.41) is 21.5. The van der Waals surface area contributed by atoms with Crippen molar-refractivity contribution in [2.45, 2.75) is 57.0 Å². The van der Waals surface area contributed by atoms with Gasteiger partial charge in [0.25, 0.3) is 0 Å². The minimum atomic E-state index is -0.735. The fourth-order valence-corrected chi connectivity index (χ4v) is 6.60. The van der Waals surface area contributed by atoms with Gasteiger partial charge in [0.2, 0.25) is 0 Å². The highest BCUT2D eigenvalue weighted by Gasteiger charge is 2.60. The number of phenols is 1. The fraction of sp³-hybridized carbons (Fsp3) is 0.480. The number of hydrogen-bond acceptors (Lipinski definition) is 3. The summed E-state index contributed by atoms with van der Waals surface area (Å²) in [7, 11) is 0.